The van der Waals surface area contributed by atoms with Crippen molar-refractivity contribution in [1.29, 1.82) is 0 Å². The van der Waals surface area contributed by atoms with Gasteiger partial charge >= 0.3 is 0 Å². The third kappa shape index (κ3) is 2.97. The first-order chi connectivity index (χ1) is 10.3. The second kappa shape index (κ2) is 5.83. The second-order valence-electron chi connectivity index (χ2n) is 4.86. The Morgan fingerprint density at radius 2 is 1.86 bits per heavy atom. The molecular formula is C18H16O3. The number of carbonyl (C=O) groups is 1. The van der Waals surface area contributed by atoms with Crippen LogP contribution in [0.3, 0.4) is 0 Å². The zero-order chi connectivity index (χ0) is 14.7. The maximum atomic E-state index is 12.1. The highest BCUT2D eigenvalue weighted by Gasteiger charge is 2.12. The van der Waals surface area contributed by atoms with Gasteiger partial charge in [0.25, 0.3) is 0 Å². The standard InChI is InChI=1S/C18H16O3/c1-2-13-3-7-15(8-4-13)16(19)9-5-14-6-10-17-18(11-14)21-12-20-17/h3-11H,2,12H2,1H3. The lowest BCUT2D eigenvalue weighted by Gasteiger charge is -1.99. The molecule has 21 heavy (non-hydrogen) atoms. The van der Waals surface area contributed by atoms with Gasteiger partial charge in [-0.15, -0.1) is 0 Å². The molecule has 0 amide bonds. The van der Waals surface area contributed by atoms with Gasteiger partial charge in [0.2, 0.25) is 6.79 Å². The third-order valence-electron chi connectivity index (χ3n) is 3.47. The topological polar surface area (TPSA) is 35.5 Å². The molecule has 1 heterocycles. The van der Waals surface area contributed by atoms with E-state index in [1.54, 1.807) is 12.2 Å². The van der Waals surface area contributed by atoms with Crippen LogP contribution in [-0.2, 0) is 6.42 Å². The van der Waals surface area contributed by atoms with E-state index in [4.69, 9.17) is 9.47 Å². The van der Waals surface area contributed by atoms with E-state index < -0.39 is 0 Å². The van der Waals surface area contributed by atoms with Gasteiger partial charge in [0.15, 0.2) is 17.3 Å². The van der Waals surface area contributed by atoms with Gasteiger partial charge in [0.1, 0.15) is 0 Å². The van der Waals surface area contributed by atoms with E-state index in [-0.39, 0.29) is 12.6 Å². The maximum absolute atomic E-state index is 12.1. The lowest BCUT2D eigenvalue weighted by Crippen LogP contribution is -1.94. The summed E-state index contributed by atoms with van der Waals surface area (Å²) in [6.45, 7) is 2.35. The number of carbonyl (C=O) groups excluding carboxylic acids is 1. The van der Waals surface area contributed by atoms with Crippen LogP contribution in [0, 0.1) is 0 Å². The molecule has 0 fully saturated rings. The molecule has 3 rings (SSSR count). The molecule has 0 spiro atoms. The molecule has 2 aromatic rings. The molecule has 106 valence electrons. The van der Waals surface area contributed by atoms with Crippen LogP contribution in [0.4, 0.5) is 0 Å². The van der Waals surface area contributed by atoms with Crippen LogP contribution in [0.25, 0.3) is 6.08 Å². The van der Waals surface area contributed by atoms with E-state index in [0.29, 0.717) is 5.56 Å². The van der Waals surface area contributed by atoms with Gasteiger partial charge in [-0.1, -0.05) is 43.3 Å². The van der Waals surface area contributed by atoms with E-state index in [1.165, 1.54) is 5.56 Å². The summed E-state index contributed by atoms with van der Waals surface area (Å²) in [6.07, 6.45) is 4.35. The van der Waals surface area contributed by atoms with Gasteiger partial charge in [-0.2, -0.15) is 0 Å². The quantitative estimate of drug-likeness (QED) is 0.630. The van der Waals surface area contributed by atoms with E-state index >= 15 is 0 Å². The highest BCUT2D eigenvalue weighted by Crippen LogP contribution is 2.32. The SMILES string of the molecule is CCc1ccc(C(=O)C=Cc2ccc3c(c2)OCO3)cc1. The lowest BCUT2D eigenvalue weighted by atomic mass is 10.1. The summed E-state index contributed by atoms with van der Waals surface area (Å²) in [5, 5.41) is 0. The van der Waals surface area contributed by atoms with Crippen LogP contribution in [0.2, 0.25) is 0 Å². The summed E-state index contributed by atoms with van der Waals surface area (Å²) in [5.74, 6) is 1.46. The number of fused-ring (bicyclic) bond motifs is 1. The van der Waals surface area contributed by atoms with Crippen molar-refractivity contribution >= 4 is 11.9 Å². The molecule has 0 aliphatic carbocycles. The predicted octanol–water partition coefficient (Wildman–Crippen LogP) is 3.87. The minimum Gasteiger partial charge on any atom is -0.454 e. The zero-order valence-electron chi connectivity index (χ0n) is 11.8. The Bertz CT molecular complexity index is 684. The van der Waals surface area contributed by atoms with Crippen molar-refractivity contribution < 1.29 is 14.3 Å². The molecule has 0 N–H and O–H groups in total. The van der Waals surface area contributed by atoms with Gasteiger partial charge < -0.3 is 9.47 Å². The molecule has 1 aliphatic heterocycles. The molecule has 0 unspecified atom stereocenters. The summed E-state index contributed by atoms with van der Waals surface area (Å²) in [4.78, 5) is 12.1. The first-order valence-corrected chi connectivity index (χ1v) is 6.97. The monoisotopic (exact) mass is 280 g/mol. The van der Waals surface area contributed by atoms with E-state index in [2.05, 4.69) is 6.92 Å². The van der Waals surface area contributed by atoms with Gasteiger partial charge in [-0.05, 0) is 35.8 Å². The Balaban J connectivity index is 1.74. The fraction of sp³-hybridized carbons (Fsp3) is 0.167. The number of ether oxygens (including phenoxy) is 2. The number of hydrogen-bond acceptors (Lipinski definition) is 3. The molecule has 0 atom stereocenters. The number of benzene rings is 2. The Morgan fingerprint density at radius 1 is 1.10 bits per heavy atom. The largest absolute Gasteiger partial charge is 0.454 e. The molecule has 3 nitrogen and oxygen atoms in total. The van der Waals surface area contributed by atoms with E-state index in [1.807, 2.05) is 42.5 Å². The van der Waals surface area contributed by atoms with Crippen LogP contribution in [0.15, 0.2) is 48.5 Å². The van der Waals surface area contributed by atoms with Crippen molar-refractivity contribution in [2.45, 2.75) is 13.3 Å². The fourth-order valence-electron chi connectivity index (χ4n) is 2.19. The summed E-state index contributed by atoms with van der Waals surface area (Å²) < 4.78 is 10.6. The number of hydrogen-bond donors (Lipinski definition) is 0. The van der Waals surface area contributed by atoms with Crippen LogP contribution in [-0.4, -0.2) is 12.6 Å². The maximum Gasteiger partial charge on any atom is 0.231 e. The number of allylic oxidation sites excluding steroid dienone is 1. The van der Waals surface area contributed by atoms with Gasteiger partial charge in [0, 0.05) is 5.56 Å². The number of aryl methyl sites for hydroxylation is 1. The molecule has 0 saturated heterocycles. The van der Waals surface area contributed by atoms with Crippen molar-refractivity contribution in [2.75, 3.05) is 6.79 Å². The molecule has 0 bridgehead atoms. The second-order valence-corrected chi connectivity index (χ2v) is 4.86. The first-order valence-electron chi connectivity index (χ1n) is 6.97. The van der Waals surface area contributed by atoms with Crippen molar-refractivity contribution in [2.24, 2.45) is 0 Å². The van der Waals surface area contributed by atoms with E-state index in [0.717, 1.165) is 23.5 Å². The molecular weight excluding hydrogens is 264 g/mol. The van der Waals surface area contributed by atoms with Crippen molar-refractivity contribution in [3.8, 4) is 11.5 Å². The molecule has 1 aliphatic rings. The molecule has 0 saturated carbocycles. The van der Waals surface area contributed by atoms with Crippen molar-refractivity contribution in [3.05, 3.63) is 65.2 Å². The molecule has 0 aromatic heterocycles. The third-order valence-corrected chi connectivity index (χ3v) is 3.47. The van der Waals surface area contributed by atoms with Crippen LogP contribution >= 0.6 is 0 Å². The highest BCUT2D eigenvalue weighted by molar-refractivity contribution is 6.06. The Hall–Kier alpha value is -2.55. The van der Waals surface area contributed by atoms with Gasteiger partial charge in [-0.25, -0.2) is 0 Å². The van der Waals surface area contributed by atoms with Gasteiger partial charge in [0.05, 0.1) is 0 Å². The van der Waals surface area contributed by atoms with Crippen molar-refractivity contribution in [3.63, 3.8) is 0 Å². The van der Waals surface area contributed by atoms with Crippen LogP contribution in [0.5, 0.6) is 11.5 Å². The first kappa shape index (κ1) is 13.4. The zero-order valence-corrected chi connectivity index (χ0v) is 11.8. The summed E-state index contributed by atoms with van der Waals surface area (Å²) in [5.41, 5.74) is 2.84. The normalized spacial score (nSPS) is 12.8. The summed E-state index contributed by atoms with van der Waals surface area (Å²) in [7, 11) is 0. The smallest absolute Gasteiger partial charge is 0.231 e. The lowest BCUT2D eigenvalue weighted by molar-refractivity contribution is 0.104. The highest BCUT2D eigenvalue weighted by atomic mass is 16.7. The summed E-state index contributed by atoms with van der Waals surface area (Å²) >= 11 is 0. The van der Waals surface area contributed by atoms with Crippen LogP contribution < -0.4 is 9.47 Å². The average molecular weight is 280 g/mol. The average Bonchev–Trinajstić information content (AvgIpc) is 3.00. The fourth-order valence-corrected chi connectivity index (χ4v) is 2.19. The Labute approximate surface area is 123 Å². The van der Waals surface area contributed by atoms with E-state index in [9.17, 15) is 4.79 Å². The minimum atomic E-state index is -0.00433. The van der Waals surface area contributed by atoms with Gasteiger partial charge in [-0.3, -0.25) is 4.79 Å². The minimum absolute atomic E-state index is 0.00433. The van der Waals surface area contributed by atoms with Crippen LogP contribution in [0.1, 0.15) is 28.4 Å². The number of ketones is 1. The molecule has 0 radical (unpaired) electrons. The Morgan fingerprint density at radius 3 is 2.62 bits per heavy atom. The molecule has 3 heteroatoms. The Kier molecular flexibility index (Phi) is 3.73. The summed E-state index contributed by atoms with van der Waals surface area (Å²) in [6, 6.07) is 13.3. The van der Waals surface area contributed by atoms with Crippen molar-refractivity contribution in [1.82, 2.24) is 0 Å². The predicted molar refractivity (Wildman–Crippen MR) is 81.7 cm³/mol. The molecule has 2 aromatic carbocycles. The number of rotatable bonds is 4.